The number of para-hydroxylation sites is 1. The third-order valence-electron chi connectivity index (χ3n) is 5.75. The van der Waals surface area contributed by atoms with Gasteiger partial charge in [-0.15, -0.1) is 0 Å². The van der Waals surface area contributed by atoms with Crippen molar-refractivity contribution in [3.63, 3.8) is 0 Å². The van der Waals surface area contributed by atoms with Gasteiger partial charge in [-0.3, -0.25) is 9.69 Å². The maximum Gasteiger partial charge on any atom is 0.391 e. The predicted molar refractivity (Wildman–Crippen MR) is 99.8 cm³/mol. The molecule has 1 saturated heterocycles. The number of rotatable bonds is 4. The molecule has 1 aromatic rings. The zero-order chi connectivity index (χ0) is 19.4. The van der Waals surface area contributed by atoms with E-state index in [4.69, 9.17) is 0 Å². The SMILES string of the molecule is Cc1ccccc1N1CCN(CC(=O)NC2CCC(C(F)(F)F)CC2)CC1. The van der Waals surface area contributed by atoms with Crippen LogP contribution in [-0.4, -0.2) is 55.7 Å². The number of hydrogen-bond acceptors (Lipinski definition) is 3. The molecule has 4 nitrogen and oxygen atoms in total. The number of benzene rings is 1. The van der Waals surface area contributed by atoms with Gasteiger partial charge in [0.1, 0.15) is 0 Å². The number of nitrogens with one attached hydrogen (secondary N) is 1. The second-order valence-electron chi connectivity index (χ2n) is 7.71. The molecule has 1 aliphatic carbocycles. The fourth-order valence-corrected chi connectivity index (χ4v) is 4.11. The van der Waals surface area contributed by atoms with E-state index < -0.39 is 12.1 Å². The lowest BCUT2D eigenvalue weighted by Crippen LogP contribution is -2.51. The average Bonchev–Trinajstić information content (AvgIpc) is 2.62. The van der Waals surface area contributed by atoms with E-state index in [1.807, 2.05) is 12.1 Å². The molecule has 0 unspecified atom stereocenters. The molecule has 0 spiro atoms. The first-order valence-corrected chi connectivity index (χ1v) is 9.72. The quantitative estimate of drug-likeness (QED) is 0.866. The summed E-state index contributed by atoms with van der Waals surface area (Å²) in [7, 11) is 0. The van der Waals surface area contributed by atoms with E-state index in [0.29, 0.717) is 19.4 Å². The van der Waals surface area contributed by atoms with Crippen LogP contribution in [-0.2, 0) is 4.79 Å². The van der Waals surface area contributed by atoms with Crippen molar-refractivity contribution < 1.29 is 18.0 Å². The minimum atomic E-state index is -4.11. The van der Waals surface area contributed by atoms with Gasteiger partial charge >= 0.3 is 6.18 Å². The number of hydrogen-bond donors (Lipinski definition) is 1. The smallest absolute Gasteiger partial charge is 0.369 e. The third kappa shape index (κ3) is 5.37. The Hall–Kier alpha value is -1.76. The molecule has 1 N–H and O–H groups in total. The summed E-state index contributed by atoms with van der Waals surface area (Å²) in [6.07, 6.45) is -3.05. The Morgan fingerprint density at radius 1 is 1.07 bits per heavy atom. The Kier molecular flexibility index (Phi) is 6.29. The summed E-state index contributed by atoms with van der Waals surface area (Å²) in [4.78, 5) is 16.7. The van der Waals surface area contributed by atoms with Crippen LogP contribution < -0.4 is 10.2 Å². The summed E-state index contributed by atoms with van der Waals surface area (Å²) < 4.78 is 38.2. The molecule has 1 saturated carbocycles. The van der Waals surface area contributed by atoms with Crippen molar-refractivity contribution >= 4 is 11.6 Å². The summed E-state index contributed by atoms with van der Waals surface area (Å²) in [5, 5.41) is 2.93. The monoisotopic (exact) mass is 383 g/mol. The molecule has 27 heavy (non-hydrogen) atoms. The maximum absolute atomic E-state index is 12.7. The Labute approximate surface area is 158 Å². The number of aryl methyl sites for hydroxylation is 1. The second kappa shape index (κ2) is 8.50. The number of amides is 1. The van der Waals surface area contributed by atoms with Crippen LogP contribution in [0.5, 0.6) is 0 Å². The van der Waals surface area contributed by atoms with Crippen LogP contribution in [0.3, 0.4) is 0 Å². The minimum absolute atomic E-state index is 0.0743. The summed E-state index contributed by atoms with van der Waals surface area (Å²) in [5.74, 6) is -1.28. The molecule has 1 amide bonds. The van der Waals surface area contributed by atoms with Crippen molar-refractivity contribution in [1.29, 1.82) is 0 Å². The Balaban J connectivity index is 1.39. The number of carbonyl (C=O) groups excluding carboxylic acids is 1. The molecule has 0 radical (unpaired) electrons. The van der Waals surface area contributed by atoms with E-state index in [1.165, 1.54) is 11.3 Å². The predicted octanol–water partition coefficient (Wildman–Crippen LogP) is 3.35. The molecule has 1 aromatic carbocycles. The largest absolute Gasteiger partial charge is 0.391 e. The lowest BCUT2D eigenvalue weighted by molar-refractivity contribution is -0.182. The summed E-state index contributed by atoms with van der Waals surface area (Å²) in [6.45, 7) is 5.78. The first-order chi connectivity index (χ1) is 12.8. The van der Waals surface area contributed by atoms with Gasteiger partial charge in [-0.25, -0.2) is 0 Å². The van der Waals surface area contributed by atoms with Crippen molar-refractivity contribution in [3.8, 4) is 0 Å². The normalized spacial score (nSPS) is 24.7. The summed E-state index contributed by atoms with van der Waals surface area (Å²) in [6, 6.07) is 8.17. The van der Waals surface area contributed by atoms with E-state index in [9.17, 15) is 18.0 Å². The highest BCUT2D eigenvalue weighted by Gasteiger charge is 2.41. The highest BCUT2D eigenvalue weighted by molar-refractivity contribution is 5.78. The van der Waals surface area contributed by atoms with Gasteiger partial charge in [-0.1, -0.05) is 18.2 Å². The Morgan fingerprint density at radius 3 is 2.30 bits per heavy atom. The topological polar surface area (TPSA) is 35.6 Å². The number of piperazine rings is 1. The standard InChI is InChI=1S/C20H28F3N3O/c1-15-4-2-3-5-18(15)26-12-10-25(11-13-26)14-19(27)24-17-8-6-16(7-9-17)20(21,22)23/h2-5,16-17H,6-14H2,1H3,(H,24,27). The summed E-state index contributed by atoms with van der Waals surface area (Å²) >= 11 is 0. The molecule has 1 aliphatic heterocycles. The zero-order valence-electron chi connectivity index (χ0n) is 15.8. The fraction of sp³-hybridized carbons (Fsp3) is 0.650. The first-order valence-electron chi connectivity index (χ1n) is 9.72. The number of alkyl halides is 3. The van der Waals surface area contributed by atoms with Gasteiger partial charge in [0.15, 0.2) is 0 Å². The van der Waals surface area contributed by atoms with Gasteiger partial charge in [-0.2, -0.15) is 13.2 Å². The molecule has 2 fully saturated rings. The molecular formula is C20H28F3N3O. The molecule has 1 heterocycles. The third-order valence-corrected chi connectivity index (χ3v) is 5.75. The van der Waals surface area contributed by atoms with Crippen LogP contribution in [0.2, 0.25) is 0 Å². The molecular weight excluding hydrogens is 355 g/mol. The van der Waals surface area contributed by atoms with Crippen LogP contribution in [0.1, 0.15) is 31.2 Å². The second-order valence-corrected chi connectivity index (χ2v) is 7.71. The Morgan fingerprint density at radius 2 is 1.70 bits per heavy atom. The van der Waals surface area contributed by atoms with E-state index >= 15 is 0 Å². The molecule has 0 aromatic heterocycles. The van der Waals surface area contributed by atoms with Crippen molar-refractivity contribution in [1.82, 2.24) is 10.2 Å². The van der Waals surface area contributed by atoms with Gasteiger partial charge < -0.3 is 10.2 Å². The molecule has 2 aliphatic rings. The van der Waals surface area contributed by atoms with E-state index in [1.54, 1.807) is 0 Å². The number of anilines is 1. The van der Waals surface area contributed by atoms with Gasteiger partial charge in [0.25, 0.3) is 0 Å². The Bertz CT molecular complexity index is 634. The lowest BCUT2D eigenvalue weighted by Gasteiger charge is -2.37. The van der Waals surface area contributed by atoms with Gasteiger partial charge in [0.05, 0.1) is 12.5 Å². The fourth-order valence-electron chi connectivity index (χ4n) is 4.11. The van der Waals surface area contributed by atoms with Crippen LogP contribution >= 0.6 is 0 Å². The maximum atomic E-state index is 12.7. The van der Waals surface area contributed by atoms with Crippen LogP contribution in [0, 0.1) is 12.8 Å². The van der Waals surface area contributed by atoms with E-state index in [-0.39, 0.29) is 24.8 Å². The van der Waals surface area contributed by atoms with Crippen molar-refractivity contribution in [2.75, 3.05) is 37.6 Å². The van der Waals surface area contributed by atoms with Crippen molar-refractivity contribution in [2.45, 2.75) is 44.8 Å². The molecule has 0 atom stereocenters. The first kappa shape index (κ1) is 20.0. The molecule has 7 heteroatoms. The van der Waals surface area contributed by atoms with E-state index in [0.717, 1.165) is 26.2 Å². The van der Waals surface area contributed by atoms with Gasteiger partial charge in [-0.05, 0) is 44.2 Å². The lowest BCUT2D eigenvalue weighted by atomic mass is 9.85. The number of halogens is 3. The number of nitrogens with zero attached hydrogens (tertiary/aromatic N) is 2. The average molecular weight is 383 g/mol. The molecule has 0 bridgehead atoms. The molecule has 150 valence electrons. The number of carbonyl (C=O) groups is 1. The van der Waals surface area contributed by atoms with Crippen molar-refractivity contribution in [2.24, 2.45) is 5.92 Å². The highest BCUT2D eigenvalue weighted by atomic mass is 19.4. The van der Waals surface area contributed by atoms with Gasteiger partial charge in [0.2, 0.25) is 5.91 Å². The zero-order valence-corrected chi connectivity index (χ0v) is 15.8. The molecule has 3 rings (SSSR count). The van der Waals surface area contributed by atoms with Crippen LogP contribution in [0.15, 0.2) is 24.3 Å². The summed E-state index contributed by atoms with van der Waals surface area (Å²) in [5.41, 5.74) is 2.49. The van der Waals surface area contributed by atoms with E-state index in [2.05, 4.69) is 34.2 Å². The van der Waals surface area contributed by atoms with Crippen LogP contribution in [0.4, 0.5) is 18.9 Å². The highest BCUT2D eigenvalue weighted by Crippen LogP contribution is 2.37. The van der Waals surface area contributed by atoms with Crippen LogP contribution in [0.25, 0.3) is 0 Å². The van der Waals surface area contributed by atoms with Gasteiger partial charge in [0, 0.05) is 37.9 Å². The minimum Gasteiger partial charge on any atom is -0.369 e. The van der Waals surface area contributed by atoms with Crippen molar-refractivity contribution in [3.05, 3.63) is 29.8 Å².